The molecule has 1 aromatic rings. The Kier molecular flexibility index (Phi) is 5.39. The third kappa shape index (κ3) is 5.21. The number of carbonyl (C=O) groups excluding carboxylic acids is 1. The molecule has 0 radical (unpaired) electrons. The Labute approximate surface area is 120 Å². The van der Waals surface area contributed by atoms with Crippen LogP contribution in [0.5, 0.6) is 0 Å². The summed E-state index contributed by atoms with van der Waals surface area (Å²) in [4.78, 5) is 12.0. The van der Waals surface area contributed by atoms with E-state index < -0.39 is 6.04 Å². The minimum atomic E-state index is -0.505. The average molecular weight is 283 g/mol. The lowest BCUT2D eigenvalue weighted by Gasteiger charge is -2.27. The number of rotatable bonds is 4. The maximum atomic E-state index is 12.0. The fourth-order valence-electron chi connectivity index (χ4n) is 1.79. The van der Waals surface area contributed by atoms with Gasteiger partial charge in [-0.2, -0.15) is 0 Å². The number of hydrogen-bond acceptors (Lipinski definition) is 2. The molecule has 3 nitrogen and oxygen atoms in total. The van der Waals surface area contributed by atoms with Gasteiger partial charge in [-0.05, 0) is 36.5 Å². The first-order valence-corrected chi connectivity index (χ1v) is 6.88. The van der Waals surface area contributed by atoms with Gasteiger partial charge in [0.15, 0.2) is 0 Å². The van der Waals surface area contributed by atoms with Crippen molar-refractivity contribution in [3.63, 3.8) is 0 Å². The molecule has 0 aromatic heterocycles. The normalized spacial score (nSPS) is 14.8. The van der Waals surface area contributed by atoms with Gasteiger partial charge in [0, 0.05) is 11.1 Å². The molecule has 106 valence electrons. The molecule has 2 atom stereocenters. The van der Waals surface area contributed by atoms with Crippen molar-refractivity contribution in [2.24, 2.45) is 11.1 Å². The van der Waals surface area contributed by atoms with Crippen LogP contribution in [-0.2, 0) is 11.2 Å². The van der Waals surface area contributed by atoms with Crippen molar-refractivity contribution in [3.05, 3.63) is 34.9 Å². The third-order valence-corrected chi connectivity index (χ3v) is 3.27. The van der Waals surface area contributed by atoms with Crippen molar-refractivity contribution in [1.29, 1.82) is 0 Å². The van der Waals surface area contributed by atoms with Gasteiger partial charge >= 0.3 is 0 Å². The van der Waals surface area contributed by atoms with E-state index in [1.54, 1.807) is 0 Å². The number of hydrogen-bond donors (Lipinski definition) is 2. The summed E-state index contributed by atoms with van der Waals surface area (Å²) in [5, 5.41) is 3.66. The highest BCUT2D eigenvalue weighted by Crippen LogP contribution is 2.17. The number of nitrogens with two attached hydrogens (primary N) is 1. The molecule has 0 bridgehead atoms. The van der Waals surface area contributed by atoms with Crippen molar-refractivity contribution in [1.82, 2.24) is 5.32 Å². The Morgan fingerprint density at radius 1 is 1.42 bits per heavy atom. The van der Waals surface area contributed by atoms with Crippen molar-refractivity contribution in [2.45, 2.75) is 46.2 Å². The topological polar surface area (TPSA) is 55.1 Å². The van der Waals surface area contributed by atoms with E-state index in [-0.39, 0.29) is 17.4 Å². The van der Waals surface area contributed by atoms with E-state index in [9.17, 15) is 4.79 Å². The first kappa shape index (κ1) is 16.0. The fourth-order valence-corrected chi connectivity index (χ4v) is 2.01. The average Bonchev–Trinajstić information content (AvgIpc) is 2.26. The van der Waals surface area contributed by atoms with Crippen LogP contribution in [0, 0.1) is 5.41 Å². The second-order valence-electron chi connectivity index (χ2n) is 6.09. The summed E-state index contributed by atoms with van der Waals surface area (Å²) in [5.74, 6) is -0.109. The zero-order valence-corrected chi connectivity index (χ0v) is 12.8. The highest BCUT2D eigenvalue weighted by atomic mass is 35.5. The molecule has 3 N–H and O–H groups in total. The smallest absolute Gasteiger partial charge is 0.237 e. The van der Waals surface area contributed by atoms with Crippen LogP contribution in [0.3, 0.4) is 0 Å². The second-order valence-corrected chi connectivity index (χ2v) is 6.52. The predicted molar refractivity (Wildman–Crippen MR) is 80.2 cm³/mol. The van der Waals surface area contributed by atoms with Gasteiger partial charge in [-0.3, -0.25) is 4.79 Å². The molecule has 0 aliphatic carbocycles. The number of benzene rings is 1. The maximum Gasteiger partial charge on any atom is 0.237 e. The van der Waals surface area contributed by atoms with Crippen molar-refractivity contribution >= 4 is 17.5 Å². The Morgan fingerprint density at radius 3 is 2.58 bits per heavy atom. The zero-order valence-electron chi connectivity index (χ0n) is 12.0. The monoisotopic (exact) mass is 282 g/mol. The van der Waals surface area contributed by atoms with Crippen LogP contribution in [-0.4, -0.2) is 18.0 Å². The van der Waals surface area contributed by atoms with E-state index >= 15 is 0 Å². The van der Waals surface area contributed by atoms with Gasteiger partial charge < -0.3 is 11.1 Å². The summed E-state index contributed by atoms with van der Waals surface area (Å²) in [5.41, 5.74) is 6.79. The summed E-state index contributed by atoms with van der Waals surface area (Å²) >= 11 is 5.94. The molecule has 0 aliphatic heterocycles. The lowest BCUT2D eigenvalue weighted by atomic mass is 9.87. The van der Waals surface area contributed by atoms with Crippen molar-refractivity contribution in [2.75, 3.05) is 0 Å². The summed E-state index contributed by atoms with van der Waals surface area (Å²) in [7, 11) is 0. The lowest BCUT2D eigenvalue weighted by Crippen LogP contribution is -2.51. The molecule has 1 aromatic carbocycles. The van der Waals surface area contributed by atoms with Crippen LogP contribution >= 0.6 is 11.6 Å². The molecular weight excluding hydrogens is 260 g/mol. The quantitative estimate of drug-likeness (QED) is 0.892. The van der Waals surface area contributed by atoms with Gasteiger partial charge in [-0.15, -0.1) is 0 Å². The van der Waals surface area contributed by atoms with Gasteiger partial charge in [0.1, 0.15) is 0 Å². The predicted octanol–water partition coefficient (Wildman–Crippen LogP) is 2.76. The van der Waals surface area contributed by atoms with Crippen LogP contribution in [0.1, 0.15) is 33.3 Å². The summed E-state index contributed by atoms with van der Waals surface area (Å²) in [6, 6.07) is 7.18. The first-order valence-electron chi connectivity index (χ1n) is 6.50. The first-order chi connectivity index (χ1) is 8.70. The van der Waals surface area contributed by atoms with Gasteiger partial charge in [-0.25, -0.2) is 0 Å². The van der Waals surface area contributed by atoms with E-state index in [1.165, 1.54) is 0 Å². The zero-order chi connectivity index (χ0) is 14.6. The summed E-state index contributed by atoms with van der Waals surface area (Å²) in [6.45, 7) is 7.84. The third-order valence-electron chi connectivity index (χ3n) is 3.04. The van der Waals surface area contributed by atoms with Gasteiger partial charge in [0.25, 0.3) is 0 Å². The summed E-state index contributed by atoms with van der Waals surface area (Å²) in [6.07, 6.45) is 0.739. The number of carbonyl (C=O) groups is 1. The molecule has 0 saturated carbocycles. The highest BCUT2D eigenvalue weighted by Gasteiger charge is 2.28. The van der Waals surface area contributed by atoms with Crippen molar-refractivity contribution in [3.8, 4) is 0 Å². The van der Waals surface area contributed by atoms with Crippen LogP contribution in [0.4, 0.5) is 0 Å². The van der Waals surface area contributed by atoms with Gasteiger partial charge in [0.2, 0.25) is 5.91 Å². The molecule has 0 aliphatic rings. The summed E-state index contributed by atoms with van der Waals surface area (Å²) < 4.78 is 0. The maximum absolute atomic E-state index is 12.0. The fraction of sp³-hybridized carbons (Fsp3) is 0.533. The SMILES string of the molecule is CC(Cc1cccc(Cl)c1)NC(=O)C(N)C(C)(C)C. The molecule has 0 fully saturated rings. The molecule has 0 saturated heterocycles. The Balaban J connectivity index is 2.56. The van der Waals surface area contributed by atoms with E-state index in [0.29, 0.717) is 5.02 Å². The van der Waals surface area contributed by atoms with Gasteiger partial charge in [0.05, 0.1) is 6.04 Å². The molecule has 1 amide bonds. The number of nitrogens with one attached hydrogen (secondary N) is 1. The lowest BCUT2D eigenvalue weighted by molar-refractivity contribution is -0.125. The molecule has 4 heteroatoms. The van der Waals surface area contributed by atoms with Crippen LogP contribution in [0.2, 0.25) is 5.02 Å². The van der Waals surface area contributed by atoms with Crippen molar-refractivity contribution < 1.29 is 4.79 Å². The van der Waals surface area contributed by atoms with E-state index in [4.69, 9.17) is 17.3 Å². The molecule has 0 heterocycles. The van der Waals surface area contributed by atoms with Crippen LogP contribution in [0.15, 0.2) is 24.3 Å². The Hall–Kier alpha value is -1.06. The number of amides is 1. The number of halogens is 1. The largest absolute Gasteiger partial charge is 0.352 e. The molecule has 2 unspecified atom stereocenters. The second kappa shape index (κ2) is 6.40. The standard InChI is InChI=1S/C15H23ClN2O/c1-10(8-11-6-5-7-12(16)9-11)18-14(19)13(17)15(2,3)4/h5-7,9-10,13H,8,17H2,1-4H3,(H,18,19). The van der Waals surface area contributed by atoms with Crippen LogP contribution < -0.4 is 11.1 Å². The molecule has 19 heavy (non-hydrogen) atoms. The van der Waals surface area contributed by atoms with Crippen LogP contribution in [0.25, 0.3) is 0 Å². The minimum absolute atomic E-state index is 0.0272. The minimum Gasteiger partial charge on any atom is -0.352 e. The highest BCUT2D eigenvalue weighted by molar-refractivity contribution is 6.30. The Bertz CT molecular complexity index is 440. The van der Waals surface area contributed by atoms with E-state index in [2.05, 4.69) is 5.32 Å². The molecule has 1 rings (SSSR count). The molecular formula is C15H23ClN2O. The molecule has 0 spiro atoms. The Morgan fingerprint density at radius 2 is 2.05 bits per heavy atom. The van der Waals surface area contributed by atoms with Gasteiger partial charge in [-0.1, -0.05) is 44.5 Å². The van der Waals surface area contributed by atoms with E-state index in [1.807, 2.05) is 52.0 Å². The van der Waals surface area contributed by atoms with E-state index in [0.717, 1.165) is 12.0 Å².